The summed E-state index contributed by atoms with van der Waals surface area (Å²) >= 11 is 0. The quantitative estimate of drug-likeness (QED) is 0.800. The maximum Gasteiger partial charge on any atom is 0.289 e. The van der Waals surface area contributed by atoms with Gasteiger partial charge < -0.3 is 14.6 Å². The Morgan fingerprint density at radius 1 is 1.17 bits per heavy atom. The van der Waals surface area contributed by atoms with Gasteiger partial charge in [0.15, 0.2) is 5.76 Å². The predicted molar refractivity (Wildman–Crippen MR) is 109 cm³/mol. The second kappa shape index (κ2) is 8.80. The third-order valence-corrected chi connectivity index (χ3v) is 5.29. The minimum atomic E-state index is -0.289. The van der Waals surface area contributed by atoms with Crippen LogP contribution in [0.4, 0.5) is 4.39 Å². The number of hydrogen-bond acceptors (Lipinski definition) is 3. The summed E-state index contributed by atoms with van der Waals surface area (Å²) in [6.07, 6.45) is 3.46. The summed E-state index contributed by atoms with van der Waals surface area (Å²) in [6.45, 7) is 7.41. The summed E-state index contributed by atoms with van der Waals surface area (Å²) in [6, 6.07) is 9.49. The van der Waals surface area contributed by atoms with E-state index in [0.29, 0.717) is 31.7 Å². The Labute approximate surface area is 171 Å². The summed E-state index contributed by atoms with van der Waals surface area (Å²) in [5.41, 5.74) is 0.908. The normalized spacial score (nSPS) is 16.5. The molecule has 2 heterocycles. The van der Waals surface area contributed by atoms with Gasteiger partial charge in [-0.05, 0) is 54.5 Å². The molecule has 3 rings (SSSR count). The van der Waals surface area contributed by atoms with Gasteiger partial charge in [-0.1, -0.05) is 32.9 Å². The molecule has 1 aromatic heterocycles. The molecule has 0 aliphatic carbocycles. The van der Waals surface area contributed by atoms with E-state index in [4.69, 9.17) is 4.42 Å². The van der Waals surface area contributed by atoms with E-state index in [-0.39, 0.29) is 35.0 Å². The number of benzene rings is 1. The molecule has 0 unspecified atom stereocenters. The van der Waals surface area contributed by atoms with E-state index in [1.54, 1.807) is 29.2 Å². The maximum absolute atomic E-state index is 13.3. The lowest BCUT2D eigenvalue weighted by atomic mass is 9.85. The molecule has 29 heavy (non-hydrogen) atoms. The van der Waals surface area contributed by atoms with Crippen LogP contribution in [0.3, 0.4) is 0 Å². The van der Waals surface area contributed by atoms with E-state index in [1.165, 1.54) is 18.4 Å². The largest absolute Gasteiger partial charge is 0.459 e. The fourth-order valence-corrected chi connectivity index (χ4v) is 3.75. The van der Waals surface area contributed by atoms with Crippen molar-refractivity contribution in [2.75, 3.05) is 13.1 Å². The Morgan fingerprint density at radius 2 is 1.83 bits per heavy atom. The van der Waals surface area contributed by atoms with Gasteiger partial charge in [-0.2, -0.15) is 0 Å². The molecule has 0 bridgehead atoms. The number of nitrogens with one attached hydrogen (secondary N) is 1. The van der Waals surface area contributed by atoms with Crippen molar-refractivity contribution in [2.24, 2.45) is 11.3 Å². The number of halogens is 1. The average Bonchev–Trinajstić information content (AvgIpc) is 3.21. The molecular formula is C23H29FN2O3. The van der Waals surface area contributed by atoms with E-state index in [1.807, 2.05) is 0 Å². The molecule has 2 aromatic rings. The van der Waals surface area contributed by atoms with Crippen LogP contribution in [0.5, 0.6) is 0 Å². The zero-order chi connectivity index (χ0) is 21.0. The van der Waals surface area contributed by atoms with Crippen molar-refractivity contribution in [1.29, 1.82) is 0 Å². The smallest absolute Gasteiger partial charge is 0.289 e. The summed E-state index contributed by atoms with van der Waals surface area (Å²) in [7, 11) is 0. The van der Waals surface area contributed by atoms with Crippen molar-refractivity contribution in [3.05, 3.63) is 59.8 Å². The number of nitrogens with zero attached hydrogens (tertiary/aromatic N) is 1. The molecule has 6 heteroatoms. The highest BCUT2D eigenvalue weighted by Crippen LogP contribution is 2.30. The van der Waals surface area contributed by atoms with E-state index in [9.17, 15) is 14.0 Å². The van der Waals surface area contributed by atoms with Gasteiger partial charge in [0.1, 0.15) is 5.82 Å². The lowest BCUT2D eigenvalue weighted by Crippen LogP contribution is -2.44. The molecule has 1 fully saturated rings. The second-order valence-electron chi connectivity index (χ2n) is 8.92. The molecular weight excluding hydrogens is 371 g/mol. The zero-order valence-electron chi connectivity index (χ0n) is 17.3. The highest BCUT2D eigenvalue weighted by atomic mass is 19.1. The van der Waals surface area contributed by atoms with Crippen LogP contribution in [0, 0.1) is 17.2 Å². The van der Waals surface area contributed by atoms with Gasteiger partial charge in [0.2, 0.25) is 5.91 Å². The van der Waals surface area contributed by atoms with Crippen LogP contribution in [0.25, 0.3) is 0 Å². The van der Waals surface area contributed by atoms with Gasteiger partial charge in [0.25, 0.3) is 5.91 Å². The average molecular weight is 400 g/mol. The molecule has 0 radical (unpaired) electrons. The Balaban J connectivity index is 1.61. The Morgan fingerprint density at radius 3 is 2.38 bits per heavy atom. The number of rotatable bonds is 5. The summed E-state index contributed by atoms with van der Waals surface area (Å²) < 4.78 is 18.5. The van der Waals surface area contributed by atoms with Gasteiger partial charge in [0.05, 0.1) is 12.3 Å². The summed E-state index contributed by atoms with van der Waals surface area (Å²) in [5.74, 6) is -0.240. The number of likely N-dealkylation sites (tertiary alicyclic amines) is 1. The van der Waals surface area contributed by atoms with Crippen molar-refractivity contribution in [3.8, 4) is 0 Å². The molecule has 1 saturated heterocycles. The fraction of sp³-hybridized carbons (Fsp3) is 0.478. The SMILES string of the molecule is CC(C)(C)C[C@H](NC(=O)C1CCN(C(=O)c2ccco2)CC1)c1ccc(F)cc1. The molecule has 1 atom stereocenters. The van der Waals surface area contributed by atoms with E-state index in [0.717, 1.165) is 12.0 Å². The van der Waals surface area contributed by atoms with Crippen molar-refractivity contribution in [2.45, 2.75) is 46.1 Å². The van der Waals surface area contributed by atoms with Gasteiger partial charge in [-0.25, -0.2) is 4.39 Å². The number of hydrogen-bond donors (Lipinski definition) is 1. The van der Waals surface area contributed by atoms with E-state index >= 15 is 0 Å². The topological polar surface area (TPSA) is 62.6 Å². The van der Waals surface area contributed by atoms with Gasteiger partial charge in [-0.15, -0.1) is 0 Å². The fourth-order valence-electron chi connectivity index (χ4n) is 3.75. The van der Waals surface area contributed by atoms with Gasteiger partial charge in [-0.3, -0.25) is 9.59 Å². The molecule has 0 saturated carbocycles. The van der Waals surface area contributed by atoms with Gasteiger partial charge in [0, 0.05) is 19.0 Å². The first-order chi connectivity index (χ1) is 13.7. The van der Waals surface area contributed by atoms with Crippen LogP contribution in [0.2, 0.25) is 0 Å². The van der Waals surface area contributed by atoms with Crippen LogP contribution in [0.15, 0.2) is 47.1 Å². The van der Waals surface area contributed by atoms with Crippen LogP contribution in [0.1, 0.15) is 62.2 Å². The first kappa shape index (κ1) is 21.1. The lowest BCUT2D eigenvalue weighted by Gasteiger charge is -2.33. The van der Waals surface area contributed by atoms with Crippen LogP contribution >= 0.6 is 0 Å². The molecule has 1 N–H and O–H groups in total. The standard InChI is InChI=1S/C23H29FN2O3/c1-23(2,3)15-19(16-6-8-18(24)9-7-16)25-21(27)17-10-12-26(13-11-17)22(28)20-5-4-14-29-20/h4-9,14,17,19H,10-13,15H2,1-3H3,(H,25,27)/t19-/m0/s1. The van der Waals surface area contributed by atoms with Crippen LogP contribution in [-0.4, -0.2) is 29.8 Å². The minimum absolute atomic E-state index is 0.00512. The molecule has 0 spiro atoms. The summed E-state index contributed by atoms with van der Waals surface area (Å²) in [4.78, 5) is 27.0. The Bertz CT molecular complexity index is 817. The number of furan rings is 1. The highest BCUT2D eigenvalue weighted by Gasteiger charge is 2.31. The van der Waals surface area contributed by atoms with Crippen LogP contribution < -0.4 is 5.32 Å². The van der Waals surface area contributed by atoms with E-state index < -0.39 is 0 Å². The lowest BCUT2D eigenvalue weighted by molar-refractivity contribution is -0.127. The predicted octanol–water partition coefficient (Wildman–Crippen LogP) is 4.56. The van der Waals surface area contributed by atoms with Crippen molar-refractivity contribution in [3.63, 3.8) is 0 Å². The Hall–Kier alpha value is -2.63. The third-order valence-electron chi connectivity index (χ3n) is 5.29. The number of piperidine rings is 1. The molecule has 1 aliphatic rings. The number of amides is 2. The first-order valence-corrected chi connectivity index (χ1v) is 10.1. The Kier molecular flexibility index (Phi) is 6.40. The van der Waals surface area contributed by atoms with Crippen molar-refractivity contribution >= 4 is 11.8 Å². The molecule has 5 nitrogen and oxygen atoms in total. The first-order valence-electron chi connectivity index (χ1n) is 10.1. The number of carbonyl (C=O) groups excluding carboxylic acids is 2. The molecule has 2 amide bonds. The number of carbonyl (C=O) groups is 2. The minimum Gasteiger partial charge on any atom is -0.459 e. The molecule has 156 valence electrons. The summed E-state index contributed by atoms with van der Waals surface area (Å²) in [5, 5.41) is 3.17. The zero-order valence-corrected chi connectivity index (χ0v) is 17.3. The van der Waals surface area contributed by atoms with Crippen LogP contribution in [-0.2, 0) is 4.79 Å². The highest BCUT2D eigenvalue weighted by molar-refractivity contribution is 5.91. The van der Waals surface area contributed by atoms with Gasteiger partial charge >= 0.3 is 0 Å². The monoisotopic (exact) mass is 400 g/mol. The second-order valence-corrected chi connectivity index (χ2v) is 8.92. The molecule has 1 aliphatic heterocycles. The third kappa shape index (κ3) is 5.68. The van der Waals surface area contributed by atoms with E-state index in [2.05, 4.69) is 26.1 Å². The van der Waals surface area contributed by atoms with Crippen molar-refractivity contribution in [1.82, 2.24) is 10.2 Å². The molecule has 1 aromatic carbocycles. The maximum atomic E-state index is 13.3. The van der Waals surface area contributed by atoms with Crippen molar-refractivity contribution < 1.29 is 18.4 Å².